The zero-order chi connectivity index (χ0) is 8.91. The molecule has 0 amide bonds. The standard InChI is InChI=1S/C7H19NO2Si/c1-5-6-11(4,8)7(9-2)10-3/h7H,5-6,8H2,1-4H3. The molecule has 0 radical (unpaired) electrons. The first-order chi connectivity index (χ1) is 5.08. The second-order valence-electron chi connectivity index (χ2n) is 3.06. The monoisotopic (exact) mass is 177 g/mol. The third-order valence-corrected chi connectivity index (χ3v) is 4.88. The van der Waals surface area contributed by atoms with Gasteiger partial charge >= 0.3 is 0 Å². The van der Waals surface area contributed by atoms with Gasteiger partial charge in [0.2, 0.25) is 0 Å². The van der Waals surface area contributed by atoms with Gasteiger partial charge in [0.25, 0.3) is 0 Å². The van der Waals surface area contributed by atoms with E-state index in [1.807, 2.05) is 0 Å². The van der Waals surface area contributed by atoms with E-state index in [0.717, 1.165) is 12.5 Å². The van der Waals surface area contributed by atoms with Crippen LogP contribution in [0.4, 0.5) is 0 Å². The quantitative estimate of drug-likeness (QED) is 0.505. The van der Waals surface area contributed by atoms with Gasteiger partial charge in [-0.15, -0.1) is 0 Å². The second kappa shape index (κ2) is 4.87. The zero-order valence-electron chi connectivity index (χ0n) is 7.89. The van der Waals surface area contributed by atoms with Gasteiger partial charge < -0.3 is 14.9 Å². The first-order valence-electron chi connectivity index (χ1n) is 3.93. The molecule has 1 atom stereocenters. The Morgan fingerprint density at radius 1 is 1.36 bits per heavy atom. The van der Waals surface area contributed by atoms with Crippen LogP contribution in [0.2, 0.25) is 12.6 Å². The van der Waals surface area contributed by atoms with Crippen molar-refractivity contribution in [1.82, 2.24) is 0 Å². The third kappa shape index (κ3) is 3.33. The van der Waals surface area contributed by atoms with E-state index in [1.54, 1.807) is 14.2 Å². The van der Waals surface area contributed by atoms with Crippen LogP contribution in [0.15, 0.2) is 0 Å². The molecule has 2 N–H and O–H groups in total. The van der Waals surface area contributed by atoms with E-state index in [1.165, 1.54) is 0 Å². The van der Waals surface area contributed by atoms with Crippen molar-refractivity contribution < 1.29 is 9.47 Å². The Labute approximate surface area is 70.0 Å². The molecule has 0 fully saturated rings. The molecule has 4 heteroatoms. The van der Waals surface area contributed by atoms with Crippen LogP contribution in [0, 0.1) is 0 Å². The molecule has 0 aliphatic heterocycles. The molecule has 0 aliphatic rings. The van der Waals surface area contributed by atoms with E-state index in [2.05, 4.69) is 13.5 Å². The number of ether oxygens (including phenoxy) is 2. The third-order valence-electron chi connectivity index (χ3n) is 1.76. The topological polar surface area (TPSA) is 44.5 Å². The molecule has 0 rings (SSSR count). The summed E-state index contributed by atoms with van der Waals surface area (Å²) in [4.78, 5) is 0. The Morgan fingerprint density at radius 2 is 1.82 bits per heavy atom. The highest BCUT2D eigenvalue weighted by atomic mass is 28.3. The van der Waals surface area contributed by atoms with Gasteiger partial charge in [0.15, 0.2) is 14.1 Å². The molecule has 0 aromatic rings. The van der Waals surface area contributed by atoms with Crippen LogP contribution in [0.5, 0.6) is 0 Å². The molecule has 0 aliphatic carbocycles. The summed E-state index contributed by atoms with van der Waals surface area (Å²) in [6, 6.07) is 1.04. The van der Waals surface area contributed by atoms with Gasteiger partial charge in [-0.3, -0.25) is 0 Å². The predicted molar refractivity (Wildman–Crippen MR) is 48.7 cm³/mol. The van der Waals surface area contributed by atoms with Crippen molar-refractivity contribution in [1.29, 1.82) is 0 Å². The summed E-state index contributed by atoms with van der Waals surface area (Å²) in [6.45, 7) is 4.20. The average Bonchev–Trinajstić information content (AvgIpc) is 1.89. The van der Waals surface area contributed by atoms with Gasteiger partial charge in [-0.25, -0.2) is 0 Å². The summed E-state index contributed by atoms with van der Waals surface area (Å²) in [5.74, 6) is -0.164. The van der Waals surface area contributed by atoms with E-state index >= 15 is 0 Å². The summed E-state index contributed by atoms with van der Waals surface area (Å²) >= 11 is 0. The molecule has 0 aromatic heterocycles. The van der Waals surface area contributed by atoms with E-state index in [0.29, 0.717) is 0 Å². The van der Waals surface area contributed by atoms with Crippen molar-refractivity contribution in [2.75, 3.05) is 14.2 Å². The molecule has 0 saturated heterocycles. The number of nitrogens with two attached hydrogens (primary N) is 1. The average molecular weight is 177 g/mol. The highest BCUT2D eigenvalue weighted by Crippen LogP contribution is 2.13. The van der Waals surface area contributed by atoms with Crippen LogP contribution in [-0.4, -0.2) is 28.4 Å². The number of rotatable bonds is 5. The Morgan fingerprint density at radius 3 is 2.09 bits per heavy atom. The first-order valence-corrected chi connectivity index (χ1v) is 6.79. The fourth-order valence-corrected chi connectivity index (χ4v) is 3.68. The highest BCUT2D eigenvalue weighted by molar-refractivity contribution is 6.76. The lowest BCUT2D eigenvalue weighted by atomic mass is 10.6. The zero-order valence-corrected chi connectivity index (χ0v) is 8.89. The fraction of sp³-hybridized carbons (Fsp3) is 1.00. The summed E-state index contributed by atoms with van der Waals surface area (Å²) < 4.78 is 10.3. The smallest absolute Gasteiger partial charge is 0.185 e. The minimum atomic E-state index is -1.78. The van der Waals surface area contributed by atoms with Crippen LogP contribution < -0.4 is 5.40 Å². The van der Waals surface area contributed by atoms with E-state index in [-0.39, 0.29) is 5.91 Å². The maximum Gasteiger partial charge on any atom is 0.185 e. The van der Waals surface area contributed by atoms with Crippen molar-refractivity contribution in [3.63, 3.8) is 0 Å². The summed E-state index contributed by atoms with van der Waals surface area (Å²) in [6.07, 6.45) is 1.10. The van der Waals surface area contributed by atoms with Crippen molar-refractivity contribution in [2.24, 2.45) is 5.40 Å². The van der Waals surface area contributed by atoms with E-state index in [4.69, 9.17) is 14.9 Å². The molecular weight excluding hydrogens is 158 g/mol. The Bertz CT molecular complexity index is 105. The number of hydrogen-bond donors (Lipinski definition) is 1. The largest absolute Gasteiger partial charge is 0.358 e. The molecule has 0 bridgehead atoms. The normalized spacial score (nSPS) is 16.9. The first kappa shape index (κ1) is 11.1. The van der Waals surface area contributed by atoms with E-state index < -0.39 is 8.24 Å². The van der Waals surface area contributed by atoms with Crippen molar-refractivity contribution >= 4 is 8.24 Å². The summed E-state index contributed by atoms with van der Waals surface area (Å²) in [5.41, 5.74) is 0. The summed E-state index contributed by atoms with van der Waals surface area (Å²) in [7, 11) is 1.50. The molecule has 0 heterocycles. The Balaban J connectivity index is 4.00. The molecule has 1 unspecified atom stereocenters. The van der Waals surface area contributed by atoms with E-state index in [9.17, 15) is 0 Å². The maximum atomic E-state index is 6.08. The van der Waals surface area contributed by atoms with Gasteiger partial charge in [-0.2, -0.15) is 0 Å². The van der Waals surface area contributed by atoms with Crippen molar-refractivity contribution in [2.45, 2.75) is 31.8 Å². The predicted octanol–water partition coefficient (Wildman–Crippen LogP) is 1.09. The molecule has 68 valence electrons. The van der Waals surface area contributed by atoms with Crippen LogP contribution >= 0.6 is 0 Å². The molecule has 0 saturated carbocycles. The number of methoxy groups -OCH3 is 2. The molecule has 0 spiro atoms. The maximum absolute atomic E-state index is 6.08. The molecule has 3 nitrogen and oxygen atoms in total. The van der Waals surface area contributed by atoms with Gasteiger partial charge in [-0.05, 0) is 6.04 Å². The van der Waals surface area contributed by atoms with Crippen molar-refractivity contribution in [3.05, 3.63) is 0 Å². The SMILES string of the molecule is CCC[Si](C)(N)C(OC)OC. The highest BCUT2D eigenvalue weighted by Gasteiger charge is 2.32. The van der Waals surface area contributed by atoms with Crippen LogP contribution in [0.25, 0.3) is 0 Å². The minimum absolute atomic E-state index is 0.164. The molecular formula is C7H19NO2Si. The van der Waals surface area contributed by atoms with Crippen LogP contribution in [0.1, 0.15) is 13.3 Å². The molecule has 0 aromatic carbocycles. The van der Waals surface area contributed by atoms with Gasteiger partial charge in [-0.1, -0.05) is 19.9 Å². The van der Waals surface area contributed by atoms with Gasteiger partial charge in [0.1, 0.15) is 0 Å². The fourth-order valence-electron chi connectivity index (χ4n) is 1.29. The lowest BCUT2D eigenvalue weighted by Crippen LogP contribution is -2.55. The number of hydrogen-bond acceptors (Lipinski definition) is 3. The van der Waals surface area contributed by atoms with Crippen molar-refractivity contribution in [3.8, 4) is 0 Å². The Kier molecular flexibility index (Phi) is 4.91. The lowest BCUT2D eigenvalue weighted by Gasteiger charge is -2.28. The second-order valence-corrected chi connectivity index (χ2v) is 7.04. The Hall–Kier alpha value is 0.0969. The molecule has 11 heavy (non-hydrogen) atoms. The summed E-state index contributed by atoms with van der Waals surface area (Å²) in [5, 5.41) is 6.08. The van der Waals surface area contributed by atoms with Gasteiger partial charge in [0, 0.05) is 14.2 Å². The van der Waals surface area contributed by atoms with Crippen LogP contribution in [0.3, 0.4) is 0 Å². The lowest BCUT2D eigenvalue weighted by molar-refractivity contribution is -0.0509. The van der Waals surface area contributed by atoms with Crippen LogP contribution in [-0.2, 0) is 9.47 Å². The van der Waals surface area contributed by atoms with Gasteiger partial charge in [0.05, 0.1) is 0 Å². The minimum Gasteiger partial charge on any atom is -0.358 e.